The predicted molar refractivity (Wildman–Crippen MR) is 72.4 cm³/mol. The third kappa shape index (κ3) is 2.27. The predicted octanol–water partition coefficient (Wildman–Crippen LogP) is 3.79. The Morgan fingerprint density at radius 1 is 1.11 bits per heavy atom. The summed E-state index contributed by atoms with van der Waals surface area (Å²) in [6.45, 7) is 0.941. The molecule has 94 valence electrons. The highest BCUT2D eigenvalue weighted by Gasteiger charge is 2.19. The van der Waals surface area contributed by atoms with Gasteiger partial charge in [-0.3, -0.25) is 4.57 Å². The van der Waals surface area contributed by atoms with Gasteiger partial charge in [0.05, 0.1) is 0 Å². The summed E-state index contributed by atoms with van der Waals surface area (Å²) in [4.78, 5) is 0. The van der Waals surface area contributed by atoms with Crippen molar-refractivity contribution in [1.82, 2.24) is 14.8 Å². The van der Waals surface area contributed by atoms with Crippen LogP contribution in [0.15, 0.2) is 30.3 Å². The lowest BCUT2D eigenvalue weighted by molar-refractivity contribution is 0.459. The van der Waals surface area contributed by atoms with Gasteiger partial charge in [-0.25, -0.2) is 0 Å². The maximum Gasteiger partial charge on any atom is 0.225 e. The molecule has 1 aliphatic carbocycles. The number of rotatable bonds is 3. The largest absolute Gasteiger partial charge is 0.298 e. The second kappa shape index (κ2) is 5.11. The first-order chi connectivity index (χ1) is 8.84. The Kier molecular flexibility index (Phi) is 3.33. The van der Waals surface area contributed by atoms with Crippen LogP contribution in [0.5, 0.6) is 0 Å². The van der Waals surface area contributed by atoms with Crippen molar-refractivity contribution < 1.29 is 0 Å². The van der Waals surface area contributed by atoms with Crippen LogP contribution < -0.4 is 0 Å². The van der Waals surface area contributed by atoms with Crippen LogP contribution in [0.25, 0.3) is 11.4 Å². The van der Waals surface area contributed by atoms with E-state index in [1.165, 1.54) is 25.7 Å². The summed E-state index contributed by atoms with van der Waals surface area (Å²) in [5.41, 5.74) is 1.08. The van der Waals surface area contributed by atoms with Crippen molar-refractivity contribution in [1.29, 1.82) is 0 Å². The van der Waals surface area contributed by atoms with Gasteiger partial charge in [-0.1, -0.05) is 43.2 Å². The molecule has 1 aromatic carbocycles. The molecule has 3 rings (SSSR count). The molecule has 0 atom stereocenters. The number of hydrogen-bond donors (Lipinski definition) is 0. The van der Waals surface area contributed by atoms with E-state index in [4.69, 9.17) is 11.6 Å². The average molecular weight is 262 g/mol. The molecule has 1 fully saturated rings. The summed E-state index contributed by atoms with van der Waals surface area (Å²) in [5, 5.41) is 8.72. The lowest BCUT2D eigenvalue weighted by atomic mass is 10.1. The normalized spacial score (nSPS) is 16.3. The molecule has 4 heteroatoms. The van der Waals surface area contributed by atoms with E-state index in [1.807, 2.05) is 34.9 Å². The Labute approximate surface area is 112 Å². The van der Waals surface area contributed by atoms with Gasteiger partial charge in [0.25, 0.3) is 0 Å². The molecule has 3 nitrogen and oxygen atoms in total. The fourth-order valence-electron chi connectivity index (χ4n) is 2.70. The lowest BCUT2D eigenvalue weighted by Crippen LogP contribution is -2.09. The summed E-state index contributed by atoms with van der Waals surface area (Å²) >= 11 is 6.16. The van der Waals surface area contributed by atoms with E-state index in [-0.39, 0.29) is 0 Å². The molecule has 0 unspecified atom stereocenters. The quantitative estimate of drug-likeness (QED) is 0.842. The highest BCUT2D eigenvalue weighted by Crippen LogP contribution is 2.29. The number of hydrogen-bond acceptors (Lipinski definition) is 2. The van der Waals surface area contributed by atoms with Gasteiger partial charge in [0.15, 0.2) is 5.82 Å². The zero-order chi connectivity index (χ0) is 12.4. The van der Waals surface area contributed by atoms with Gasteiger partial charge in [0, 0.05) is 12.1 Å². The second-order valence-corrected chi connectivity index (χ2v) is 5.26. The second-order valence-electron chi connectivity index (χ2n) is 4.92. The van der Waals surface area contributed by atoms with Crippen LogP contribution in [0, 0.1) is 5.92 Å². The van der Waals surface area contributed by atoms with Crippen LogP contribution in [0.1, 0.15) is 25.7 Å². The first-order valence-electron chi connectivity index (χ1n) is 6.49. The van der Waals surface area contributed by atoms with Crippen molar-refractivity contribution in [2.24, 2.45) is 5.92 Å². The van der Waals surface area contributed by atoms with Gasteiger partial charge in [-0.2, -0.15) is 0 Å². The van der Waals surface area contributed by atoms with E-state index in [1.54, 1.807) is 0 Å². The third-order valence-electron chi connectivity index (χ3n) is 3.65. The van der Waals surface area contributed by atoms with E-state index in [2.05, 4.69) is 10.2 Å². The smallest absolute Gasteiger partial charge is 0.225 e. The Balaban J connectivity index is 1.91. The molecule has 1 aromatic heterocycles. The minimum Gasteiger partial charge on any atom is -0.298 e. The van der Waals surface area contributed by atoms with Crippen LogP contribution in [0.4, 0.5) is 0 Å². The van der Waals surface area contributed by atoms with E-state index in [0.29, 0.717) is 5.28 Å². The molecular formula is C14H16ClN3. The standard InChI is InChI=1S/C14H16ClN3/c15-14-17-16-13(12-8-2-1-3-9-12)18(14)10-11-6-4-5-7-11/h1-3,8-9,11H,4-7,10H2. The van der Waals surface area contributed by atoms with Crippen LogP contribution in [0.3, 0.4) is 0 Å². The van der Waals surface area contributed by atoms with Crippen molar-refractivity contribution >= 4 is 11.6 Å². The van der Waals surface area contributed by atoms with Gasteiger partial charge in [-0.15, -0.1) is 10.2 Å². The van der Waals surface area contributed by atoms with E-state index in [0.717, 1.165) is 23.9 Å². The molecule has 0 bridgehead atoms. The van der Waals surface area contributed by atoms with Crippen molar-refractivity contribution in [2.75, 3.05) is 0 Å². The molecule has 18 heavy (non-hydrogen) atoms. The van der Waals surface area contributed by atoms with Gasteiger partial charge < -0.3 is 0 Å². The van der Waals surface area contributed by atoms with Crippen molar-refractivity contribution in [3.63, 3.8) is 0 Å². The SMILES string of the molecule is Clc1nnc(-c2ccccc2)n1CC1CCCC1. The minimum absolute atomic E-state index is 0.501. The molecule has 0 spiro atoms. The number of aromatic nitrogens is 3. The van der Waals surface area contributed by atoms with Crippen LogP contribution in [-0.4, -0.2) is 14.8 Å². The molecule has 0 radical (unpaired) electrons. The molecule has 1 aliphatic rings. The van der Waals surface area contributed by atoms with Crippen molar-refractivity contribution in [3.05, 3.63) is 35.6 Å². The summed E-state index contributed by atoms with van der Waals surface area (Å²) in [7, 11) is 0. The molecule has 2 aromatic rings. The lowest BCUT2D eigenvalue weighted by Gasteiger charge is -2.12. The zero-order valence-corrected chi connectivity index (χ0v) is 11.0. The number of halogens is 1. The van der Waals surface area contributed by atoms with Gasteiger partial charge in [-0.05, 0) is 30.4 Å². The highest BCUT2D eigenvalue weighted by atomic mass is 35.5. The van der Waals surface area contributed by atoms with E-state index < -0.39 is 0 Å². The van der Waals surface area contributed by atoms with Crippen LogP contribution in [-0.2, 0) is 6.54 Å². The summed E-state index contributed by atoms with van der Waals surface area (Å²) in [5.74, 6) is 1.61. The first-order valence-corrected chi connectivity index (χ1v) is 6.86. The Bertz CT molecular complexity index is 515. The fraction of sp³-hybridized carbons (Fsp3) is 0.429. The molecule has 0 aliphatic heterocycles. The van der Waals surface area contributed by atoms with E-state index in [9.17, 15) is 0 Å². The van der Waals surface area contributed by atoms with Crippen molar-refractivity contribution in [2.45, 2.75) is 32.2 Å². The minimum atomic E-state index is 0.501. The maximum absolute atomic E-state index is 6.16. The Morgan fingerprint density at radius 2 is 1.83 bits per heavy atom. The average Bonchev–Trinajstić information content (AvgIpc) is 3.03. The van der Waals surface area contributed by atoms with Crippen LogP contribution in [0.2, 0.25) is 5.28 Å². The number of nitrogens with zero attached hydrogens (tertiary/aromatic N) is 3. The topological polar surface area (TPSA) is 30.7 Å². The third-order valence-corrected chi connectivity index (χ3v) is 3.93. The molecular weight excluding hydrogens is 246 g/mol. The zero-order valence-electron chi connectivity index (χ0n) is 10.2. The first kappa shape index (κ1) is 11.7. The summed E-state index contributed by atoms with van der Waals surface area (Å²) in [6.07, 6.45) is 5.27. The fourth-order valence-corrected chi connectivity index (χ4v) is 2.88. The maximum atomic E-state index is 6.16. The van der Waals surface area contributed by atoms with E-state index >= 15 is 0 Å². The summed E-state index contributed by atoms with van der Waals surface area (Å²) in [6, 6.07) is 10.1. The van der Waals surface area contributed by atoms with Crippen molar-refractivity contribution in [3.8, 4) is 11.4 Å². The number of benzene rings is 1. The molecule has 0 N–H and O–H groups in total. The molecule has 1 heterocycles. The van der Waals surface area contributed by atoms with Gasteiger partial charge >= 0.3 is 0 Å². The molecule has 0 amide bonds. The molecule has 1 saturated carbocycles. The highest BCUT2D eigenvalue weighted by molar-refractivity contribution is 6.28. The molecule has 0 saturated heterocycles. The Morgan fingerprint density at radius 3 is 2.56 bits per heavy atom. The van der Waals surface area contributed by atoms with Gasteiger partial charge in [0.1, 0.15) is 0 Å². The monoisotopic (exact) mass is 261 g/mol. The summed E-state index contributed by atoms with van der Waals surface area (Å²) < 4.78 is 2.05. The van der Waals surface area contributed by atoms with Crippen LogP contribution >= 0.6 is 11.6 Å². The Hall–Kier alpha value is -1.35. The van der Waals surface area contributed by atoms with Gasteiger partial charge in [0.2, 0.25) is 5.28 Å².